The molecule has 0 bridgehead atoms. The highest BCUT2D eigenvalue weighted by molar-refractivity contribution is 5.93. The molecular formula is C28H21N5. The van der Waals surface area contributed by atoms with Gasteiger partial charge in [0.2, 0.25) is 0 Å². The van der Waals surface area contributed by atoms with Crippen LogP contribution >= 0.6 is 0 Å². The van der Waals surface area contributed by atoms with E-state index >= 15 is 0 Å². The molecule has 2 aromatic carbocycles. The summed E-state index contributed by atoms with van der Waals surface area (Å²) in [4.78, 5) is 16.9. The summed E-state index contributed by atoms with van der Waals surface area (Å²) < 4.78 is 0. The van der Waals surface area contributed by atoms with Crippen LogP contribution in [0.4, 0.5) is 11.5 Å². The van der Waals surface area contributed by atoms with Crippen molar-refractivity contribution in [3.63, 3.8) is 0 Å². The highest BCUT2D eigenvalue weighted by Crippen LogP contribution is 2.27. The monoisotopic (exact) mass is 427 g/mol. The zero-order valence-corrected chi connectivity index (χ0v) is 18.2. The Morgan fingerprint density at radius 2 is 1.55 bits per heavy atom. The van der Waals surface area contributed by atoms with Gasteiger partial charge in [-0.3, -0.25) is 9.97 Å². The van der Waals surface area contributed by atoms with E-state index in [-0.39, 0.29) is 0 Å². The van der Waals surface area contributed by atoms with Gasteiger partial charge < -0.3 is 5.32 Å². The third kappa shape index (κ3) is 4.41. The first kappa shape index (κ1) is 20.3. The molecule has 1 N–H and O–H groups in total. The van der Waals surface area contributed by atoms with E-state index in [9.17, 15) is 0 Å². The van der Waals surface area contributed by atoms with Crippen molar-refractivity contribution in [3.05, 3.63) is 114 Å². The second kappa shape index (κ2) is 8.89. The number of hydrogen-bond acceptors (Lipinski definition) is 4. The molecule has 5 nitrogen and oxygen atoms in total. The number of aryl methyl sites for hydroxylation is 1. The van der Waals surface area contributed by atoms with E-state index in [1.54, 1.807) is 0 Å². The molecule has 0 spiro atoms. The van der Waals surface area contributed by atoms with Gasteiger partial charge in [0.1, 0.15) is 5.82 Å². The number of nitrogens with one attached hydrogen (secondary N) is 1. The van der Waals surface area contributed by atoms with Crippen LogP contribution in [-0.2, 0) is 6.54 Å². The third-order valence-corrected chi connectivity index (χ3v) is 5.58. The Kier molecular flexibility index (Phi) is 5.48. The average Bonchev–Trinajstić information content (AvgIpc) is 2.87. The summed E-state index contributed by atoms with van der Waals surface area (Å²) in [6.07, 6.45) is 5.51. The predicted octanol–water partition coefficient (Wildman–Crippen LogP) is 6.83. The lowest BCUT2D eigenvalue weighted by Crippen LogP contribution is -2.02. The van der Waals surface area contributed by atoms with E-state index in [0.717, 1.165) is 33.5 Å². The molecule has 0 fully saturated rings. The molecule has 0 amide bonds. The fraction of sp³-hybridized carbons (Fsp3) is 0.0714. The summed E-state index contributed by atoms with van der Waals surface area (Å²) in [5.74, 6) is 0.809. The van der Waals surface area contributed by atoms with E-state index < -0.39 is 0 Å². The lowest BCUT2D eigenvalue weighted by molar-refractivity contribution is 1.12. The summed E-state index contributed by atoms with van der Waals surface area (Å²) in [6, 6.07) is 24.2. The van der Waals surface area contributed by atoms with Gasteiger partial charge in [-0.1, -0.05) is 48.5 Å². The van der Waals surface area contributed by atoms with Crippen LogP contribution in [-0.4, -0.2) is 15.0 Å². The minimum Gasteiger partial charge on any atom is -0.365 e. The normalized spacial score (nSPS) is 10.7. The molecule has 0 aliphatic heterocycles. The first-order valence-corrected chi connectivity index (χ1v) is 10.7. The first-order valence-electron chi connectivity index (χ1n) is 10.7. The largest absolute Gasteiger partial charge is 0.365 e. The number of anilines is 1. The molecule has 3 heterocycles. The molecule has 5 aromatic rings. The maximum atomic E-state index is 7.10. The van der Waals surface area contributed by atoms with Crippen molar-refractivity contribution >= 4 is 22.3 Å². The molecule has 0 aliphatic carbocycles. The second-order valence-corrected chi connectivity index (χ2v) is 7.85. The minimum absolute atomic E-state index is 0.624. The quantitative estimate of drug-likeness (QED) is 0.312. The van der Waals surface area contributed by atoms with E-state index in [1.807, 2.05) is 61.9 Å². The summed E-state index contributed by atoms with van der Waals surface area (Å²) in [5, 5.41) is 5.49. The Morgan fingerprint density at radius 1 is 0.788 bits per heavy atom. The molecule has 0 aliphatic rings. The molecule has 0 unspecified atom stereocenters. The molecule has 0 radical (unpaired) electrons. The Bertz CT molecular complexity index is 1470. The van der Waals surface area contributed by atoms with Crippen LogP contribution in [0.2, 0.25) is 0 Å². The standard InChI is InChI=1S/C28H21N5/c1-19-15-23(11-13-30-19)21-5-3-20(4-6-21)17-33-28-26-18-32-27(16-24(26)12-14-31-28)22-7-9-25(29-2)10-8-22/h3-16,18H,17H2,1H3,(H,31,33). The maximum absolute atomic E-state index is 7.10. The van der Waals surface area contributed by atoms with Crippen LogP contribution in [0.5, 0.6) is 0 Å². The smallest absolute Gasteiger partial charge is 0.187 e. The van der Waals surface area contributed by atoms with E-state index in [0.29, 0.717) is 12.2 Å². The van der Waals surface area contributed by atoms with Gasteiger partial charge in [0.05, 0.1) is 12.3 Å². The number of benzene rings is 2. The highest BCUT2D eigenvalue weighted by atomic mass is 15.0. The summed E-state index contributed by atoms with van der Waals surface area (Å²) >= 11 is 0. The summed E-state index contributed by atoms with van der Waals surface area (Å²) in [5.41, 5.74) is 7.01. The van der Waals surface area contributed by atoms with Crippen molar-refractivity contribution in [2.24, 2.45) is 0 Å². The van der Waals surface area contributed by atoms with Crippen LogP contribution in [0.25, 0.3) is 38.0 Å². The molecular weight excluding hydrogens is 406 g/mol. The van der Waals surface area contributed by atoms with Gasteiger partial charge in [0.25, 0.3) is 0 Å². The number of aromatic nitrogens is 3. The van der Waals surface area contributed by atoms with E-state index in [4.69, 9.17) is 6.57 Å². The Hall–Kier alpha value is -4.56. The Labute approximate surface area is 192 Å². The predicted molar refractivity (Wildman–Crippen MR) is 133 cm³/mol. The first-order chi connectivity index (χ1) is 16.2. The molecule has 0 saturated heterocycles. The lowest BCUT2D eigenvalue weighted by Gasteiger charge is -2.10. The fourth-order valence-electron chi connectivity index (χ4n) is 3.80. The number of pyridine rings is 3. The number of hydrogen-bond donors (Lipinski definition) is 1. The molecule has 33 heavy (non-hydrogen) atoms. The molecule has 0 atom stereocenters. The topological polar surface area (TPSA) is 55.1 Å². The van der Waals surface area contributed by atoms with Crippen molar-refractivity contribution in [3.8, 4) is 22.4 Å². The zero-order chi connectivity index (χ0) is 22.6. The SMILES string of the molecule is [C-]#[N+]c1ccc(-c2cc3ccnc(NCc4ccc(-c5ccnc(C)c5)cc4)c3cn2)cc1. The summed E-state index contributed by atoms with van der Waals surface area (Å²) in [6.45, 7) is 9.77. The number of rotatable bonds is 5. The average molecular weight is 428 g/mol. The van der Waals surface area contributed by atoms with Crippen molar-refractivity contribution in [1.82, 2.24) is 15.0 Å². The lowest BCUT2D eigenvalue weighted by atomic mass is 10.0. The minimum atomic E-state index is 0.624. The zero-order valence-electron chi connectivity index (χ0n) is 18.2. The van der Waals surface area contributed by atoms with Gasteiger partial charge in [-0.25, -0.2) is 9.83 Å². The van der Waals surface area contributed by atoms with Crippen molar-refractivity contribution < 1.29 is 0 Å². The molecule has 0 saturated carbocycles. The van der Waals surface area contributed by atoms with Gasteiger partial charge in [-0.15, -0.1) is 0 Å². The molecule has 5 heteroatoms. The Balaban J connectivity index is 1.34. The van der Waals surface area contributed by atoms with E-state index in [1.165, 1.54) is 16.7 Å². The molecule has 158 valence electrons. The van der Waals surface area contributed by atoms with Crippen LogP contribution in [0.15, 0.2) is 91.4 Å². The number of fused-ring (bicyclic) bond motifs is 1. The third-order valence-electron chi connectivity index (χ3n) is 5.58. The van der Waals surface area contributed by atoms with E-state index in [2.05, 4.69) is 61.5 Å². The van der Waals surface area contributed by atoms with Gasteiger partial charge in [0.15, 0.2) is 5.69 Å². The molecule has 3 aromatic heterocycles. The summed E-state index contributed by atoms with van der Waals surface area (Å²) in [7, 11) is 0. The van der Waals surface area contributed by atoms with Crippen LogP contribution < -0.4 is 5.32 Å². The van der Waals surface area contributed by atoms with Gasteiger partial charge in [-0.05, 0) is 58.8 Å². The van der Waals surface area contributed by atoms with Crippen LogP contribution in [0.1, 0.15) is 11.3 Å². The fourth-order valence-corrected chi connectivity index (χ4v) is 3.80. The van der Waals surface area contributed by atoms with Crippen molar-refractivity contribution in [1.29, 1.82) is 0 Å². The van der Waals surface area contributed by atoms with Crippen molar-refractivity contribution in [2.75, 3.05) is 5.32 Å². The number of nitrogens with zero attached hydrogens (tertiary/aromatic N) is 4. The van der Waals surface area contributed by atoms with Gasteiger partial charge >= 0.3 is 0 Å². The van der Waals surface area contributed by atoms with Crippen LogP contribution in [0, 0.1) is 13.5 Å². The molecule has 5 rings (SSSR count). The second-order valence-electron chi connectivity index (χ2n) is 7.85. The van der Waals surface area contributed by atoms with Crippen molar-refractivity contribution in [2.45, 2.75) is 13.5 Å². The maximum Gasteiger partial charge on any atom is 0.187 e. The van der Waals surface area contributed by atoms with Gasteiger partial charge in [0, 0.05) is 36.2 Å². The highest BCUT2D eigenvalue weighted by Gasteiger charge is 2.07. The van der Waals surface area contributed by atoms with Gasteiger partial charge in [-0.2, -0.15) is 0 Å². The Morgan fingerprint density at radius 3 is 2.30 bits per heavy atom. The van der Waals surface area contributed by atoms with Crippen LogP contribution in [0.3, 0.4) is 0 Å².